The molecule has 1 saturated heterocycles. The van der Waals surface area contributed by atoms with Gasteiger partial charge in [-0.25, -0.2) is 4.79 Å². The normalized spacial score (nSPS) is 20.2. The first kappa shape index (κ1) is 16.4. The molecule has 1 atom stereocenters. The van der Waals surface area contributed by atoms with E-state index in [-0.39, 0.29) is 12.3 Å². The average molecular weight is 387 g/mol. The van der Waals surface area contributed by atoms with E-state index in [4.69, 9.17) is 0 Å². The summed E-state index contributed by atoms with van der Waals surface area (Å²) in [5.41, 5.74) is -0.0210. The molecule has 0 radical (unpaired) electrons. The van der Waals surface area contributed by atoms with Crippen molar-refractivity contribution in [1.82, 2.24) is 10.2 Å². The Labute approximate surface area is 147 Å². The summed E-state index contributed by atoms with van der Waals surface area (Å²) in [6.07, 6.45) is 0. The lowest BCUT2D eigenvalue weighted by Gasteiger charge is -2.22. The summed E-state index contributed by atoms with van der Waals surface area (Å²) in [4.78, 5) is 38.3. The molecule has 0 bridgehead atoms. The number of nitrogens with one attached hydrogen (secondary N) is 1. The summed E-state index contributed by atoms with van der Waals surface area (Å²) in [5, 5.41) is 2.69. The number of ketones is 1. The minimum atomic E-state index is -1.15. The van der Waals surface area contributed by atoms with Crippen LogP contribution in [0.3, 0.4) is 0 Å². The number of carbonyl (C=O) groups is 3. The molecular formula is C18H15BrN2O3. The van der Waals surface area contributed by atoms with Crippen molar-refractivity contribution >= 4 is 33.7 Å². The van der Waals surface area contributed by atoms with Gasteiger partial charge in [-0.05, 0) is 24.6 Å². The Kier molecular flexibility index (Phi) is 4.24. The maximum absolute atomic E-state index is 12.7. The van der Waals surface area contributed by atoms with Gasteiger partial charge in [0.1, 0.15) is 5.54 Å². The van der Waals surface area contributed by atoms with Crippen molar-refractivity contribution in [2.24, 2.45) is 0 Å². The molecule has 1 N–H and O–H groups in total. The Morgan fingerprint density at radius 1 is 1.08 bits per heavy atom. The number of amides is 3. The van der Waals surface area contributed by atoms with Crippen LogP contribution < -0.4 is 5.32 Å². The number of benzene rings is 2. The molecule has 0 aliphatic carbocycles. The van der Waals surface area contributed by atoms with Crippen molar-refractivity contribution in [3.8, 4) is 0 Å². The van der Waals surface area contributed by atoms with Crippen LogP contribution in [0.5, 0.6) is 0 Å². The lowest BCUT2D eigenvalue weighted by molar-refractivity contribution is -0.130. The Hall–Kier alpha value is -2.47. The van der Waals surface area contributed by atoms with Crippen molar-refractivity contribution < 1.29 is 14.4 Å². The third-order valence-electron chi connectivity index (χ3n) is 4.09. The number of imide groups is 1. The molecule has 0 aromatic heterocycles. The van der Waals surface area contributed by atoms with Crippen LogP contribution in [0, 0.1) is 0 Å². The lowest BCUT2D eigenvalue weighted by atomic mass is 9.92. The van der Waals surface area contributed by atoms with Crippen molar-refractivity contribution in [3.63, 3.8) is 0 Å². The second-order valence-corrected chi connectivity index (χ2v) is 6.66. The molecule has 0 saturated carbocycles. The van der Waals surface area contributed by atoms with Gasteiger partial charge in [-0.3, -0.25) is 14.5 Å². The quantitative estimate of drug-likeness (QED) is 0.648. The van der Waals surface area contributed by atoms with Crippen LogP contribution >= 0.6 is 15.9 Å². The van der Waals surface area contributed by atoms with E-state index in [1.54, 1.807) is 55.5 Å². The molecule has 1 fully saturated rings. The summed E-state index contributed by atoms with van der Waals surface area (Å²) < 4.78 is 0.852. The maximum atomic E-state index is 12.7. The zero-order chi connectivity index (χ0) is 17.3. The molecule has 1 unspecified atom stereocenters. The molecule has 6 heteroatoms. The smallest absolute Gasteiger partial charge is 0.319 e. The van der Waals surface area contributed by atoms with Crippen molar-refractivity contribution in [3.05, 3.63) is 70.2 Å². The number of halogens is 1. The van der Waals surface area contributed by atoms with Crippen LogP contribution in [0.1, 0.15) is 22.8 Å². The van der Waals surface area contributed by atoms with Crippen LogP contribution in [-0.2, 0) is 10.3 Å². The van der Waals surface area contributed by atoms with Gasteiger partial charge in [0.05, 0.1) is 6.54 Å². The van der Waals surface area contributed by atoms with Gasteiger partial charge in [0.2, 0.25) is 0 Å². The summed E-state index contributed by atoms with van der Waals surface area (Å²) in [6, 6.07) is 15.2. The summed E-state index contributed by atoms with van der Waals surface area (Å²) >= 11 is 3.30. The molecule has 3 amide bonds. The number of urea groups is 1. The summed E-state index contributed by atoms with van der Waals surface area (Å²) in [5.74, 6) is -0.715. The third-order valence-corrected chi connectivity index (χ3v) is 4.62. The molecule has 5 nitrogen and oxygen atoms in total. The zero-order valence-electron chi connectivity index (χ0n) is 13.0. The maximum Gasteiger partial charge on any atom is 0.325 e. The zero-order valence-corrected chi connectivity index (χ0v) is 14.5. The summed E-state index contributed by atoms with van der Waals surface area (Å²) in [6.45, 7) is 1.36. The van der Waals surface area contributed by atoms with Gasteiger partial charge in [0, 0.05) is 10.0 Å². The second kappa shape index (κ2) is 6.20. The average Bonchev–Trinajstić information content (AvgIpc) is 2.80. The van der Waals surface area contributed by atoms with Crippen LogP contribution in [-0.4, -0.2) is 29.2 Å². The van der Waals surface area contributed by atoms with Gasteiger partial charge in [-0.2, -0.15) is 0 Å². The molecule has 2 aromatic carbocycles. The fourth-order valence-corrected chi connectivity index (χ4v) is 2.94. The Balaban J connectivity index is 1.82. The van der Waals surface area contributed by atoms with Crippen LogP contribution in [0.4, 0.5) is 4.79 Å². The highest BCUT2D eigenvalue weighted by Crippen LogP contribution is 2.28. The molecule has 24 heavy (non-hydrogen) atoms. The first-order chi connectivity index (χ1) is 11.4. The van der Waals surface area contributed by atoms with Crippen LogP contribution in [0.15, 0.2) is 59.1 Å². The number of rotatable bonds is 4. The number of hydrogen-bond donors (Lipinski definition) is 1. The highest BCUT2D eigenvalue weighted by atomic mass is 79.9. The predicted molar refractivity (Wildman–Crippen MR) is 92.5 cm³/mol. The molecule has 1 aliphatic rings. The molecule has 2 aromatic rings. The fraction of sp³-hybridized carbons (Fsp3) is 0.167. The molecule has 0 spiro atoms. The van der Waals surface area contributed by atoms with E-state index in [9.17, 15) is 14.4 Å². The van der Waals surface area contributed by atoms with E-state index < -0.39 is 17.5 Å². The van der Waals surface area contributed by atoms with E-state index in [1.807, 2.05) is 6.07 Å². The second-order valence-electron chi connectivity index (χ2n) is 5.74. The van der Waals surface area contributed by atoms with Gasteiger partial charge < -0.3 is 5.32 Å². The highest BCUT2D eigenvalue weighted by Gasteiger charge is 2.49. The van der Waals surface area contributed by atoms with E-state index >= 15 is 0 Å². The molecule has 1 heterocycles. The molecule has 122 valence electrons. The van der Waals surface area contributed by atoms with E-state index in [2.05, 4.69) is 21.2 Å². The third kappa shape index (κ3) is 2.85. The first-order valence-corrected chi connectivity index (χ1v) is 8.19. The first-order valence-electron chi connectivity index (χ1n) is 7.40. The minimum Gasteiger partial charge on any atom is -0.319 e. The predicted octanol–water partition coefficient (Wildman–Crippen LogP) is 3.10. The summed E-state index contributed by atoms with van der Waals surface area (Å²) in [7, 11) is 0. The Morgan fingerprint density at radius 3 is 2.33 bits per heavy atom. The van der Waals surface area contributed by atoms with Gasteiger partial charge in [-0.15, -0.1) is 0 Å². The Bertz CT molecular complexity index is 805. The molecule has 3 rings (SSSR count). The van der Waals surface area contributed by atoms with Gasteiger partial charge in [0.25, 0.3) is 5.91 Å². The SMILES string of the molecule is CC1(c2ccccc2)NC(=O)N(CC(=O)c2ccc(Br)cc2)C1=O. The standard InChI is InChI=1S/C18H15BrN2O3/c1-18(13-5-3-2-4-6-13)16(23)21(17(24)20-18)11-15(22)12-7-9-14(19)10-8-12/h2-10H,11H2,1H3,(H,20,24). The van der Waals surface area contributed by atoms with E-state index in [0.717, 1.165) is 9.37 Å². The number of hydrogen-bond acceptors (Lipinski definition) is 3. The number of carbonyl (C=O) groups excluding carboxylic acids is 3. The Morgan fingerprint density at radius 2 is 1.71 bits per heavy atom. The van der Waals surface area contributed by atoms with Crippen molar-refractivity contribution in [2.75, 3.05) is 6.54 Å². The van der Waals surface area contributed by atoms with Crippen LogP contribution in [0.25, 0.3) is 0 Å². The van der Waals surface area contributed by atoms with Gasteiger partial charge in [0.15, 0.2) is 5.78 Å². The molecular weight excluding hydrogens is 372 g/mol. The van der Waals surface area contributed by atoms with Crippen molar-refractivity contribution in [1.29, 1.82) is 0 Å². The van der Waals surface area contributed by atoms with E-state index in [0.29, 0.717) is 11.1 Å². The fourth-order valence-electron chi connectivity index (χ4n) is 2.68. The topological polar surface area (TPSA) is 66.5 Å². The largest absolute Gasteiger partial charge is 0.325 e. The number of Topliss-reactive ketones (excluding diaryl/α,β-unsaturated/α-hetero) is 1. The highest BCUT2D eigenvalue weighted by molar-refractivity contribution is 9.10. The van der Waals surface area contributed by atoms with Gasteiger partial charge in [-0.1, -0.05) is 58.4 Å². The van der Waals surface area contributed by atoms with Crippen LogP contribution in [0.2, 0.25) is 0 Å². The minimum absolute atomic E-state index is 0.283. The monoisotopic (exact) mass is 386 g/mol. The van der Waals surface area contributed by atoms with Crippen molar-refractivity contribution in [2.45, 2.75) is 12.5 Å². The molecule has 1 aliphatic heterocycles. The van der Waals surface area contributed by atoms with E-state index in [1.165, 1.54) is 0 Å². The number of nitrogens with zero attached hydrogens (tertiary/aromatic N) is 1. The lowest BCUT2D eigenvalue weighted by Crippen LogP contribution is -2.41. The van der Waals surface area contributed by atoms with Gasteiger partial charge >= 0.3 is 6.03 Å².